The molecule has 0 unspecified atom stereocenters. The van der Waals surface area contributed by atoms with Crippen LogP contribution in [0.2, 0.25) is 10.0 Å². The molecule has 0 aliphatic rings. The largest absolute Gasteiger partial charge is 0.453 e. The Hall–Kier alpha value is -2.06. The van der Waals surface area contributed by atoms with E-state index in [1.165, 1.54) is 19.2 Å². The topological polar surface area (TPSA) is 123 Å². The van der Waals surface area contributed by atoms with Crippen LogP contribution in [0.4, 0.5) is 10.6 Å². The van der Waals surface area contributed by atoms with Crippen LogP contribution >= 0.6 is 23.2 Å². The zero-order valence-electron chi connectivity index (χ0n) is 13.7. The molecule has 0 saturated carbocycles. The van der Waals surface area contributed by atoms with Crippen molar-refractivity contribution in [3.05, 3.63) is 22.3 Å². The molecular weight excluding hydrogens is 371 g/mol. The van der Waals surface area contributed by atoms with E-state index in [0.29, 0.717) is 24.4 Å². The summed E-state index contributed by atoms with van der Waals surface area (Å²) in [6, 6.07) is 0.865. The number of nitrogens with one attached hydrogen (secondary N) is 2. The van der Waals surface area contributed by atoms with Crippen LogP contribution in [0.3, 0.4) is 0 Å². The Bertz CT molecular complexity index is 628. The van der Waals surface area contributed by atoms with Crippen molar-refractivity contribution in [2.45, 2.75) is 38.7 Å². The Labute approximate surface area is 155 Å². The van der Waals surface area contributed by atoms with E-state index >= 15 is 0 Å². The maximum Gasteiger partial charge on any atom is 0.312 e. The van der Waals surface area contributed by atoms with Crippen LogP contribution in [-0.4, -0.2) is 35.5 Å². The van der Waals surface area contributed by atoms with Crippen molar-refractivity contribution < 1.29 is 19.1 Å². The molecule has 1 aromatic rings. The van der Waals surface area contributed by atoms with Crippen LogP contribution in [0, 0.1) is 0 Å². The molecule has 0 fully saturated rings. The Balaban J connectivity index is 2.29. The molecule has 25 heavy (non-hydrogen) atoms. The molecule has 138 valence electrons. The fourth-order valence-electron chi connectivity index (χ4n) is 1.82. The van der Waals surface area contributed by atoms with Crippen LogP contribution in [0.1, 0.15) is 32.6 Å². The Morgan fingerprint density at radius 1 is 1.28 bits per heavy atom. The van der Waals surface area contributed by atoms with Gasteiger partial charge in [-0.1, -0.05) is 29.6 Å². The number of hydrogen-bond donors (Lipinski definition) is 3. The summed E-state index contributed by atoms with van der Waals surface area (Å²) >= 11 is 11.6. The number of ether oxygens (including phenoxy) is 1. The van der Waals surface area contributed by atoms with E-state index in [-0.39, 0.29) is 17.3 Å². The van der Waals surface area contributed by atoms with Crippen LogP contribution in [0.25, 0.3) is 0 Å². The summed E-state index contributed by atoms with van der Waals surface area (Å²) in [7, 11) is 0. The molecule has 1 aromatic heterocycles. The lowest BCUT2D eigenvalue weighted by molar-refractivity contribution is -0.153. The molecule has 0 aromatic carbocycles. The second-order valence-electron chi connectivity index (χ2n) is 5.21. The van der Waals surface area contributed by atoms with E-state index in [1.54, 1.807) is 0 Å². The number of esters is 1. The van der Waals surface area contributed by atoms with Crippen molar-refractivity contribution in [1.82, 2.24) is 10.3 Å². The maximum absolute atomic E-state index is 12.0. The zero-order chi connectivity index (χ0) is 18.8. The number of hydrogen-bond acceptors (Lipinski definition) is 5. The summed E-state index contributed by atoms with van der Waals surface area (Å²) in [5.74, 6) is -0.891. The van der Waals surface area contributed by atoms with Crippen molar-refractivity contribution in [3.8, 4) is 0 Å². The summed E-state index contributed by atoms with van der Waals surface area (Å²) in [5.41, 5.74) is 4.93. The third-order valence-corrected chi connectivity index (χ3v) is 3.58. The van der Waals surface area contributed by atoms with Gasteiger partial charge in [-0.3, -0.25) is 9.59 Å². The zero-order valence-corrected chi connectivity index (χ0v) is 15.2. The first-order valence-electron chi connectivity index (χ1n) is 7.64. The van der Waals surface area contributed by atoms with Gasteiger partial charge < -0.3 is 21.1 Å². The molecule has 1 atom stereocenters. The number of anilines is 1. The van der Waals surface area contributed by atoms with Gasteiger partial charge in [0.1, 0.15) is 0 Å². The summed E-state index contributed by atoms with van der Waals surface area (Å²) in [5, 5.41) is 5.45. The van der Waals surface area contributed by atoms with Gasteiger partial charge >= 0.3 is 12.0 Å². The smallest absolute Gasteiger partial charge is 0.312 e. The van der Waals surface area contributed by atoms with E-state index in [9.17, 15) is 14.4 Å². The van der Waals surface area contributed by atoms with E-state index in [0.717, 1.165) is 6.42 Å². The van der Waals surface area contributed by atoms with E-state index < -0.39 is 24.0 Å². The number of carbonyl (C=O) groups is 3. The van der Waals surface area contributed by atoms with Crippen LogP contribution in [0.5, 0.6) is 0 Å². The SMILES string of the molecule is C[C@H](OC(=O)CCCCCNC(N)=O)C(=O)Nc1ncc(Cl)cc1Cl. The lowest BCUT2D eigenvalue weighted by Crippen LogP contribution is -2.30. The predicted octanol–water partition coefficient (Wildman–Crippen LogP) is 2.49. The van der Waals surface area contributed by atoms with Crippen molar-refractivity contribution >= 4 is 46.9 Å². The molecule has 0 aliphatic carbocycles. The number of halogens is 2. The first-order valence-corrected chi connectivity index (χ1v) is 8.40. The average molecular weight is 391 g/mol. The van der Waals surface area contributed by atoms with Gasteiger partial charge in [0.2, 0.25) is 0 Å². The second kappa shape index (κ2) is 10.7. The normalized spacial score (nSPS) is 11.5. The second-order valence-corrected chi connectivity index (χ2v) is 6.05. The monoisotopic (exact) mass is 390 g/mol. The van der Waals surface area contributed by atoms with Crippen molar-refractivity contribution in [3.63, 3.8) is 0 Å². The molecule has 1 heterocycles. The first-order chi connectivity index (χ1) is 11.8. The highest BCUT2D eigenvalue weighted by Gasteiger charge is 2.19. The minimum atomic E-state index is -0.988. The lowest BCUT2D eigenvalue weighted by Gasteiger charge is -2.13. The molecular formula is C15H20Cl2N4O4. The molecule has 0 bridgehead atoms. The molecule has 8 nitrogen and oxygen atoms in total. The number of amides is 3. The van der Waals surface area contributed by atoms with Crippen LogP contribution in [-0.2, 0) is 14.3 Å². The van der Waals surface area contributed by atoms with Gasteiger partial charge in [0.05, 0.1) is 10.0 Å². The minimum absolute atomic E-state index is 0.140. The van der Waals surface area contributed by atoms with Gasteiger partial charge in [-0.05, 0) is 25.8 Å². The molecule has 10 heteroatoms. The highest BCUT2D eigenvalue weighted by molar-refractivity contribution is 6.36. The van der Waals surface area contributed by atoms with E-state index in [2.05, 4.69) is 15.6 Å². The standard InChI is InChI=1S/C15H20Cl2N4O4/c1-9(14(23)21-13-11(17)7-10(16)8-20-13)25-12(22)5-3-2-4-6-19-15(18)24/h7-9H,2-6H2,1H3,(H3,18,19,24)(H,20,21,23)/t9-/m0/s1. The van der Waals surface area contributed by atoms with Crippen LogP contribution < -0.4 is 16.4 Å². The number of urea groups is 1. The van der Waals surface area contributed by atoms with Crippen molar-refractivity contribution in [1.29, 1.82) is 0 Å². The van der Waals surface area contributed by atoms with Gasteiger partial charge in [-0.25, -0.2) is 9.78 Å². The summed E-state index contributed by atoms with van der Waals surface area (Å²) < 4.78 is 5.06. The van der Waals surface area contributed by atoms with Gasteiger partial charge in [0.15, 0.2) is 11.9 Å². The Kier molecular flexibility index (Phi) is 9.01. The van der Waals surface area contributed by atoms with Crippen LogP contribution in [0.15, 0.2) is 12.3 Å². The Morgan fingerprint density at radius 3 is 2.64 bits per heavy atom. The third kappa shape index (κ3) is 8.55. The predicted molar refractivity (Wildman–Crippen MR) is 94.5 cm³/mol. The molecule has 4 N–H and O–H groups in total. The lowest BCUT2D eigenvalue weighted by atomic mass is 10.2. The average Bonchev–Trinajstić information content (AvgIpc) is 2.52. The van der Waals surface area contributed by atoms with Gasteiger partial charge in [0.25, 0.3) is 5.91 Å². The number of nitrogens with zero attached hydrogens (tertiary/aromatic N) is 1. The van der Waals surface area contributed by atoms with Gasteiger partial charge in [-0.2, -0.15) is 0 Å². The number of aromatic nitrogens is 1. The molecule has 0 spiro atoms. The first kappa shape index (κ1) is 21.0. The van der Waals surface area contributed by atoms with E-state index in [1.807, 2.05) is 0 Å². The summed E-state index contributed by atoms with van der Waals surface area (Å²) in [6.07, 6.45) is 2.53. The fourth-order valence-corrected chi connectivity index (χ4v) is 2.24. The highest BCUT2D eigenvalue weighted by atomic mass is 35.5. The third-order valence-electron chi connectivity index (χ3n) is 3.08. The minimum Gasteiger partial charge on any atom is -0.453 e. The maximum atomic E-state index is 12.0. The number of rotatable bonds is 9. The summed E-state index contributed by atoms with van der Waals surface area (Å²) in [4.78, 5) is 38.1. The number of pyridine rings is 1. The Morgan fingerprint density at radius 2 is 2.00 bits per heavy atom. The number of unbranched alkanes of at least 4 members (excludes halogenated alkanes) is 2. The fraction of sp³-hybridized carbons (Fsp3) is 0.467. The van der Waals surface area contributed by atoms with Crippen molar-refractivity contribution in [2.24, 2.45) is 5.73 Å². The van der Waals surface area contributed by atoms with E-state index in [4.69, 9.17) is 33.7 Å². The number of carbonyl (C=O) groups excluding carboxylic acids is 3. The molecule has 3 amide bonds. The quantitative estimate of drug-likeness (QED) is 0.441. The molecule has 0 radical (unpaired) electrons. The molecule has 0 saturated heterocycles. The number of nitrogens with two attached hydrogens (primary N) is 1. The van der Waals surface area contributed by atoms with Gasteiger partial charge in [0, 0.05) is 19.2 Å². The number of primary amides is 1. The van der Waals surface area contributed by atoms with Gasteiger partial charge in [-0.15, -0.1) is 0 Å². The molecule has 0 aliphatic heterocycles. The summed E-state index contributed by atoms with van der Waals surface area (Å²) in [6.45, 7) is 1.91. The van der Waals surface area contributed by atoms with Crippen molar-refractivity contribution in [2.75, 3.05) is 11.9 Å². The highest BCUT2D eigenvalue weighted by Crippen LogP contribution is 2.22. The molecule has 1 rings (SSSR count).